The van der Waals surface area contributed by atoms with E-state index in [1.54, 1.807) is 0 Å². The number of benzene rings is 1. The second-order valence-electron chi connectivity index (χ2n) is 8.11. The Kier molecular flexibility index (Phi) is 5.63. The monoisotopic (exact) mass is 373 g/mol. The summed E-state index contributed by atoms with van der Waals surface area (Å²) in [6.07, 6.45) is 1.59. The van der Waals surface area contributed by atoms with Crippen LogP contribution in [0, 0.1) is 0 Å². The van der Waals surface area contributed by atoms with Crippen molar-refractivity contribution in [1.29, 1.82) is 0 Å². The van der Waals surface area contributed by atoms with E-state index in [1.807, 2.05) is 28.8 Å². The largest absolute Gasteiger partial charge is 0.390 e. The zero-order valence-electron chi connectivity index (χ0n) is 16.2. The van der Waals surface area contributed by atoms with Crippen LogP contribution in [0.25, 0.3) is 11.0 Å². The van der Waals surface area contributed by atoms with Gasteiger partial charge in [-0.25, -0.2) is 4.79 Å². The molecule has 0 amide bonds. The summed E-state index contributed by atoms with van der Waals surface area (Å²) in [6, 6.07) is 8.14. The van der Waals surface area contributed by atoms with E-state index in [1.165, 1.54) is 0 Å². The number of hydrogen-bond donors (Lipinski definition) is 2. The van der Waals surface area contributed by atoms with Crippen molar-refractivity contribution >= 4 is 11.0 Å². The first-order valence-corrected chi connectivity index (χ1v) is 10.1. The summed E-state index contributed by atoms with van der Waals surface area (Å²) >= 11 is 0. The van der Waals surface area contributed by atoms with Gasteiger partial charge in [0, 0.05) is 58.4 Å². The van der Waals surface area contributed by atoms with E-state index in [9.17, 15) is 9.90 Å². The molecule has 1 aromatic carbocycles. The molecule has 27 heavy (non-hydrogen) atoms. The second kappa shape index (κ2) is 8.14. The van der Waals surface area contributed by atoms with Gasteiger partial charge in [0.25, 0.3) is 0 Å². The molecular weight excluding hydrogens is 342 g/mol. The lowest BCUT2D eigenvalue weighted by molar-refractivity contribution is 0.0463. The molecular formula is C20H31N5O2. The molecule has 0 bridgehead atoms. The molecule has 7 heteroatoms. The highest BCUT2D eigenvalue weighted by molar-refractivity contribution is 5.75. The van der Waals surface area contributed by atoms with Crippen LogP contribution in [0.4, 0.5) is 0 Å². The van der Waals surface area contributed by atoms with Crippen LogP contribution >= 0.6 is 0 Å². The Balaban J connectivity index is 1.30. The number of aromatic amines is 1. The Morgan fingerprint density at radius 1 is 1.04 bits per heavy atom. The van der Waals surface area contributed by atoms with Crippen molar-refractivity contribution in [3.63, 3.8) is 0 Å². The van der Waals surface area contributed by atoms with Crippen molar-refractivity contribution in [2.45, 2.75) is 25.0 Å². The molecule has 148 valence electrons. The first-order valence-electron chi connectivity index (χ1n) is 10.1. The number of fused-ring (bicyclic) bond motifs is 1. The molecule has 2 aromatic rings. The fourth-order valence-corrected chi connectivity index (χ4v) is 4.48. The smallest absolute Gasteiger partial charge is 0.326 e. The van der Waals surface area contributed by atoms with Gasteiger partial charge in [-0.1, -0.05) is 12.1 Å². The van der Waals surface area contributed by atoms with Gasteiger partial charge in [0.1, 0.15) is 0 Å². The van der Waals surface area contributed by atoms with Gasteiger partial charge < -0.3 is 19.9 Å². The number of nitrogens with zero attached hydrogens (tertiary/aromatic N) is 4. The highest BCUT2D eigenvalue weighted by Gasteiger charge is 2.25. The molecule has 2 fully saturated rings. The molecule has 0 saturated carbocycles. The normalized spacial score (nSPS) is 22.4. The minimum absolute atomic E-state index is 0.00949. The third-order valence-electron chi connectivity index (χ3n) is 6.08. The number of nitrogens with one attached hydrogen (secondary N) is 1. The van der Waals surface area contributed by atoms with Gasteiger partial charge in [0.05, 0.1) is 17.1 Å². The van der Waals surface area contributed by atoms with Crippen LogP contribution < -0.4 is 5.69 Å². The number of likely N-dealkylation sites (N-methyl/N-ethyl adjacent to an activating group) is 1. The standard InChI is InChI=1S/C20H31N5O2/c1-22-10-12-24(13-11-22)15-17(26)14-23-8-6-16(7-9-23)25-19-5-3-2-4-18(19)21-20(25)27/h2-5,16-17,26H,6-15H2,1H3,(H,21,27). The van der Waals surface area contributed by atoms with Gasteiger partial charge in [0.2, 0.25) is 0 Å². The van der Waals surface area contributed by atoms with Crippen LogP contribution in [0.1, 0.15) is 18.9 Å². The minimum atomic E-state index is -0.305. The van der Waals surface area contributed by atoms with E-state index in [0.717, 1.165) is 76.2 Å². The van der Waals surface area contributed by atoms with Crippen molar-refractivity contribution in [1.82, 2.24) is 24.3 Å². The number of likely N-dealkylation sites (tertiary alicyclic amines) is 1. The topological polar surface area (TPSA) is 67.7 Å². The predicted octanol–water partition coefficient (Wildman–Crippen LogP) is 0.575. The molecule has 0 spiro atoms. The lowest BCUT2D eigenvalue weighted by atomic mass is 10.0. The number of aliphatic hydroxyl groups is 1. The van der Waals surface area contributed by atoms with Crippen molar-refractivity contribution in [3.8, 4) is 0 Å². The average molecular weight is 374 g/mol. The Labute approximate surface area is 160 Å². The van der Waals surface area contributed by atoms with Gasteiger partial charge in [-0.15, -0.1) is 0 Å². The van der Waals surface area contributed by atoms with Crippen LogP contribution in [-0.2, 0) is 0 Å². The summed E-state index contributed by atoms with van der Waals surface area (Å²) in [4.78, 5) is 22.4. The molecule has 1 atom stereocenters. The molecule has 0 radical (unpaired) electrons. The molecule has 2 saturated heterocycles. The molecule has 1 unspecified atom stereocenters. The first kappa shape index (κ1) is 18.7. The maximum absolute atomic E-state index is 12.4. The van der Waals surface area contributed by atoms with E-state index in [0.29, 0.717) is 0 Å². The molecule has 4 rings (SSSR count). The summed E-state index contributed by atoms with van der Waals surface area (Å²) in [6.45, 7) is 7.58. The highest BCUT2D eigenvalue weighted by atomic mass is 16.3. The van der Waals surface area contributed by atoms with Gasteiger partial charge in [-0.2, -0.15) is 0 Å². The Bertz CT molecular complexity index is 800. The maximum atomic E-state index is 12.4. The number of imidazole rings is 1. The minimum Gasteiger partial charge on any atom is -0.390 e. The molecule has 2 N–H and O–H groups in total. The van der Waals surface area contributed by atoms with E-state index in [2.05, 4.69) is 26.7 Å². The number of aliphatic hydroxyl groups excluding tert-OH is 1. The van der Waals surface area contributed by atoms with Crippen molar-refractivity contribution in [2.24, 2.45) is 0 Å². The van der Waals surface area contributed by atoms with Gasteiger partial charge in [-0.3, -0.25) is 9.47 Å². The molecule has 0 aliphatic carbocycles. The Morgan fingerprint density at radius 3 is 2.37 bits per heavy atom. The summed E-state index contributed by atoms with van der Waals surface area (Å²) in [5.41, 5.74) is 1.90. The molecule has 2 aliphatic rings. The zero-order chi connectivity index (χ0) is 18.8. The first-order chi connectivity index (χ1) is 13.1. The number of rotatable bonds is 5. The number of H-pyrrole nitrogens is 1. The fraction of sp³-hybridized carbons (Fsp3) is 0.650. The Morgan fingerprint density at radius 2 is 1.67 bits per heavy atom. The number of aromatic nitrogens is 2. The molecule has 1 aromatic heterocycles. The van der Waals surface area contributed by atoms with Gasteiger partial charge in [0.15, 0.2) is 0 Å². The summed E-state index contributed by atoms with van der Waals surface area (Å²) < 4.78 is 1.92. The number of piperazine rings is 1. The van der Waals surface area contributed by atoms with Crippen LogP contribution in [0.3, 0.4) is 0 Å². The number of hydrogen-bond acceptors (Lipinski definition) is 5. The third-order valence-corrected chi connectivity index (χ3v) is 6.08. The maximum Gasteiger partial charge on any atom is 0.326 e. The third kappa shape index (κ3) is 4.27. The molecule has 7 nitrogen and oxygen atoms in total. The zero-order valence-corrected chi connectivity index (χ0v) is 16.2. The highest BCUT2D eigenvalue weighted by Crippen LogP contribution is 2.24. The van der Waals surface area contributed by atoms with Crippen LogP contribution in [-0.4, -0.2) is 94.9 Å². The summed E-state index contributed by atoms with van der Waals surface area (Å²) in [7, 11) is 2.15. The number of β-amino-alcohol motifs (C(OH)–C–C–N with tert-alkyl or cyclic N) is 1. The van der Waals surface area contributed by atoms with E-state index >= 15 is 0 Å². The van der Waals surface area contributed by atoms with E-state index in [4.69, 9.17) is 0 Å². The predicted molar refractivity (Wildman–Crippen MR) is 107 cm³/mol. The second-order valence-corrected chi connectivity index (χ2v) is 8.11. The Hall–Kier alpha value is -1.67. The van der Waals surface area contributed by atoms with Crippen LogP contribution in [0.2, 0.25) is 0 Å². The summed E-state index contributed by atoms with van der Waals surface area (Å²) in [5.74, 6) is 0. The summed E-state index contributed by atoms with van der Waals surface area (Å²) in [5, 5.41) is 10.5. The quantitative estimate of drug-likeness (QED) is 0.802. The SMILES string of the molecule is CN1CCN(CC(O)CN2CCC(n3c(=O)[nH]c4ccccc43)CC2)CC1. The van der Waals surface area contributed by atoms with Gasteiger partial charge in [-0.05, 0) is 32.0 Å². The van der Waals surface area contributed by atoms with Gasteiger partial charge >= 0.3 is 5.69 Å². The molecule has 3 heterocycles. The number of piperidine rings is 1. The van der Waals surface area contributed by atoms with Crippen LogP contribution in [0.5, 0.6) is 0 Å². The van der Waals surface area contributed by atoms with E-state index < -0.39 is 0 Å². The van der Waals surface area contributed by atoms with E-state index in [-0.39, 0.29) is 17.8 Å². The van der Waals surface area contributed by atoms with Crippen molar-refractivity contribution in [3.05, 3.63) is 34.7 Å². The number of para-hydroxylation sites is 2. The van der Waals surface area contributed by atoms with Crippen molar-refractivity contribution < 1.29 is 5.11 Å². The van der Waals surface area contributed by atoms with Crippen LogP contribution in [0.15, 0.2) is 29.1 Å². The van der Waals surface area contributed by atoms with Crippen molar-refractivity contribution in [2.75, 3.05) is 59.4 Å². The lowest BCUT2D eigenvalue weighted by Crippen LogP contribution is -2.49. The fourth-order valence-electron chi connectivity index (χ4n) is 4.48. The average Bonchev–Trinajstić information content (AvgIpc) is 3.00. The molecule has 2 aliphatic heterocycles. The lowest BCUT2D eigenvalue weighted by Gasteiger charge is -2.36.